The molecule has 1 saturated heterocycles. The minimum absolute atomic E-state index is 0.00601. The number of nitrogens with zero attached hydrogens (tertiary/aromatic N) is 2. The van der Waals surface area contributed by atoms with E-state index in [-0.39, 0.29) is 29.4 Å². The van der Waals surface area contributed by atoms with E-state index in [1.54, 1.807) is 11.9 Å². The van der Waals surface area contributed by atoms with Gasteiger partial charge in [-0.1, -0.05) is 18.2 Å². The number of sulfone groups is 1. The van der Waals surface area contributed by atoms with Crippen molar-refractivity contribution in [2.45, 2.75) is 38.1 Å². The van der Waals surface area contributed by atoms with Gasteiger partial charge in [0.1, 0.15) is 5.41 Å². The van der Waals surface area contributed by atoms with Crippen LogP contribution >= 0.6 is 0 Å². The lowest BCUT2D eigenvalue weighted by Crippen LogP contribution is -2.50. The van der Waals surface area contributed by atoms with Crippen LogP contribution in [0.4, 0.5) is 5.69 Å². The summed E-state index contributed by atoms with van der Waals surface area (Å²) in [4.78, 5) is 29.7. The average molecular weight is 376 g/mol. The highest BCUT2D eigenvalue weighted by Crippen LogP contribution is 2.50. The SMILES string of the molecule is CN(C(=O)C1(C(=O)N2CCCc3ccccc32)CC1)C1CCS(=O)(=O)C1. The van der Waals surface area contributed by atoms with Gasteiger partial charge in [0.2, 0.25) is 11.8 Å². The maximum atomic E-state index is 13.3. The van der Waals surface area contributed by atoms with Crippen molar-refractivity contribution in [3.8, 4) is 0 Å². The molecule has 0 N–H and O–H groups in total. The molecule has 0 spiro atoms. The summed E-state index contributed by atoms with van der Waals surface area (Å²) in [5.74, 6) is -0.211. The number of fused-ring (bicyclic) bond motifs is 1. The predicted molar refractivity (Wildman–Crippen MR) is 98.6 cm³/mol. The van der Waals surface area contributed by atoms with Crippen LogP contribution in [0.3, 0.4) is 0 Å². The zero-order chi connectivity index (χ0) is 18.5. The molecule has 140 valence electrons. The molecule has 0 bridgehead atoms. The number of anilines is 1. The number of carbonyl (C=O) groups is 2. The van der Waals surface area contributed by atoms with E-state index in [1.165, 1.54) is 4.90 Å². The van der Waals surface area contributed by atoms with Gasteiger partial charge in [0.15, 0.2) is 9.84 Å². The summed E-state index contributed by atoms with van der Waals surface area (Å²) < 4.78 is 23.5. The van der Waals surface area contributed by atoms with E-state index in [1.807, 2.05) is 24.3 Å². The summed E-state index contributed by atoms with van der Waals surface area (Å²) in [7, 11) is -1.42. The zero-order valence-electron chi connectivity index (χ0n) is 15.0. The third kappa shape index (κ3) is 2.82. The Bertz CT molecular complexity index is 860. The van der Waals surface area contributed by atoms with Crippen molar-refractivity contribution >= 4 is 27.3 Å². The number of carbonyl (C=O) groups excluding carboxylic acids is 2. The standard InChI is InChI=1S/C19H24N2O4S/c1-20(15-8-12-26(24,25)13-15)17(22)19(9-10-19)18(23)21-11-4-6-14-5-2-3-7-16(14)21/h2-3,5,7,15H,4,6,8-13H2,1H3. The van der Waals surface area contributed by atoms with E-state index < -0.39 is 15.3 Å². The highest BCUT2D eigenvalue weighted by atomic mass is 32.2. The molecule has 1 aliphatic carbocycles. The van der Waals surface area contributed by atoms with Gasteiger partial charge in [-0.2, -0.15) is 0 Å². The number of benzene rings is 1. The normalized spacial score (nSPS) is 25.4. The summed E-state index contributed by atoms with van der Waals surface area (Å²) in [6.07, 6.45) is 3.39. The summed E-state index contributed by atoms with van der Waals surface area (Å²) in [5, 5.41) is 0. The number of hydrogen-bond acceptors (Lipinski definition) is 4. The van der Waals surface area contributed by atoms with Gasteiger partial charge in [-0.15, -0.1) is 0 Å². The summed E-state index contributed by atoms with van der Waals surface area (Å²) in [5.41, 5.74) is 1.06. The Labute approximate surface area is 154 Å². The van der Waals surface area contributed by atoms with Crippen LogP contribution in [0.15, 0.2) is 24.3 Å². The Balaban J connectivity index is 1.56. The van der Waals surface area contributed by atoms with Crippen molar-refractivity contribution in [1.29, 1.82) is 0 Å². The van der Waals surface area contributed by atoms with Crippen LogP contribution in [0.5, 0.6) is 0 Å². The van der Waals surface area contributed by atoms with Gasteiger partial charge in [0.05, 0.1) is 11.5 Å². The van der Waals surface area contributed by atoms with Crippen LogP contribution in [0.1, 0.15) is 31.2 Å². The minimum atomic E-state index is -3.07. The van der Waals surface area contributed by atoms with E-state index in [0.717, 1.165) is 24.1 Å². The molecular weight excluding hydrogens is 352 g/mol. The molecule has 1 atom stereocenters. The molecule has 2 amide bonds. The highest BCUT2D eigenvalue weighted by molar-refractivity contribution is 7.91. The number of rotatable bonds is 3. The maximum Gasteiger partial charge on any atom is 0.242 e. The molecule has 1 aromatic rings. The van der Waals surface area contributed by atoms with E-state index >= 15 is 0 Å². The fourth-order valence-corrected chi connectivity index (χ4v) is 6.01. The molecule has 1 saturated carbocycles. The average Bonchev–Trinajstić information content (AvgIpc) is 3.37. The molecular formula is C19H24N2O4S. The van der Waals surface area contributed by atoms with Crippen LogP contribution in [0.2, 0.25) is 0 Å². The molecule has 3 aliphatic rings. The third-order valence-electron chi connectivity index (χ3n) is 6.00. The molecule has 1 aromatic carbocycles. The lowest BCUT2D eigenvalue weighted by Gasteiger charge is -2.34. The lowest BCUT2D eigenvalue weighted by atomic mass is 9.97. The maximum absolute atomic E-state index is 13.3. The van der Waals surface area contributed by atoms with Gasteiger partial charge in [-0.25, -0.2) is 8.42 Å². The Morgan fingerprint density at radius 1 is 1.23 bits per heavy atom. The van der Waals surface area contributed by atoms with Crippen LogP contribution < -0.4 is 4.90 Å². The second-order valence-electron chi connectivity index (χ2n) is 7.74. The highest BCUT2D eigenvalue weighted by Gasteiger charge is 2.60. The van der Waals surface area contributed by atoms with E-state index in [0.29, 0.717) is 25.8 Å². The first-order valence-electron chi connectivity index (χ1n) is 9.22. The first kappa shape index (κ1) is 17.5. The van der Waals surface area contributed by atoms with Crippen LogP contribution in [0.25, 0.3) is 0 Å². The molecule has 7 heteroatoms. The Morgan fingerprint density at radius 3 is 2.62 bits per heavy atom. The van der Waals surface area contributed by atoms with Crippen molar-refractivity contribution in [1.82, 2.24) is 4.90 Å². The van der Waals surface area contributed by atoms with E-state index in [2.05, 4.69) is 0 Å². The second kappa shape index (κ2) is 6.08. The Kier molecular flexibility index (Phi) is 4.10. The quantitative estimate of drug-likeness (QED) is 0.747. The van der Waals surface area contributed by atoms with Gasteiger partial charge in [0.25, 0.3) is 0 Å². The minimum Gasteiger partial charge on any atom is -0.341 e. The summed E-state index contributed by atoms with van der Waals surface area (Å²) in [6, 6.07) is 7.55. The van der Waals surface area contributed by atoms with Crippen LogP contribution in [0, 0.1) is 5.41 Å². The van der Waals surface area contributed by atoms with Crippen molar-refractivity contribution in [2.75, 3.05) is 30.0 Å². The second-order valence-corrected chi connectivity index (χ2v) is 9.97. The Hall–Kier alpha value is -1.89. The largest absolute Gasteiger partial charge is 0.341 e. The van der Waals surface area contributed by atoms with Crippen molar-refractivity contribution in [2.24, 2.45) is 5.41 Å². The smallest absolute Gasteiger partial charge is 0.242 e. The molecule has 6 nitrogen and oxygen atoms in total. The topological polar surface area (TPSA) is 74.8 Å². The summed E-state index contributed by atoms with van der Waals surface area (Å²) >= 11 is 0. The molecule has 26 heavy (non-hydrogen) atoms. The van der Waals surface area contributed by atoms with Crippen LogP contribution in [-0.4, -0.2) is 56.3 Å². The molecule has 0 aromatic heterocycles. The number of amides is 2. The molecule has 2 fully saturated rings. The third-order valence-corrected chi connectivity index (χ3v) is 7.75. The lowest BCUT2D eigenvalue weighted by molar-refractivity contribution is -0.143. The fourth-order valence-electron chi connectivity index (χ4n) is 4.23. The summed E-state index contributed by atoms with van der Waals surface area (Å²) in [6.45, 7) is 0.631. The first-order chi connectivity index (χ1) is 12.3. The molecule has 1 unspecified atom stereocenters. The van der Waals surface area contributed by atoms with Crippen molar-refractivity contribution < 1.29 is 18.0 Å². The van der Waals surface area contributed by atoms with Gasteiger partial charge in [-0.3, -0.25) is 9.59 Å². The monoisotopic (exact) mass is 376 g/mol. The molecule has 4 rings (SSSR count). The van der Waals surface area contributed by atoms with Crippen LogP contribution in [-0.2, 0) is 25.8 Å². The zero-order valence-corrected chi connectivity index (χ0v) is 15.8. The van der Waals surface area contributed by atoms with Gasteiger partial charge in [0, 0.05) is 25.3 Å². The van der Waals surface area contributed by atoms with E-state index in [4.69, 9.17) is 0 Å². The number of hydrogen-bond donors (Lipinski definition) is 0. The fraction of sp³-hybridized carbons (Fsp3) is 0.579. The predicted octanol–water partition coefficient (Wildman–Crippen LogP) is 1.39. The van der Waals surface area contributed by atoms with E-state index in [9.17, 15) is 18.0 Å². The number of para-hydroxylation sites is 1. The van der Waals surface area contributed by atoms with Gasteiger partial charge < -0.3 is 9.80 Å². The molecule has 2 aliphatic heterocycles. The molecule has 2 heterocycles. The van der Waals surface area contributed by atoms with Gasteiger partial charge in [-0.05, 0) is 43.7 Å². The van der Waals surface area contributed by atoms with Gasteiger partial charge >= 0.3 is 0 Å². The van der Waals surface area contributed by atoms with Crippen molar-refractivity contribution in [3.05, 3.63) is 29.8 Å². The Morgan fingerprint density at radius 2 is 1.96 bits per heavy atom. The molecule has 0 radical (unpaired) electrons. The van der Waals surface area contributed by atoms with Crippen molar-refractivity contribution in [3.63, 3.8) is 0 Å². The number of aryl methyl sites for hydroxylation is 1. The first-order valence-corrected chi connectivity index (χ1v) is 11.0.